The van der Waals surface area contributed by atoms with E-state index in [1.54, 1.807) is 67.0 Å². The minimum atomic E-state index is -0.0307. The zero-order chi connectivity index (χ0) is 37.0. The van der Waals surface area contributed by atoms with Crippen molar-refractivity contribution in [2.75, 3.05) is 32.8 Å². The Morgan fingerprint density at radius 3 is 2.20 bits per heavy atom. The number of piperazine rings is 1. The fourth-order valence-electron chi connectivity index (χ4n) is 5.61. The van der Waals surface area contributed by atoms with E-state index < -0.39 is 0 Å². The number of nitriles is 1. The molecule has 1 saturated heterocycles. The summed E-state index contributed by atoms with van der Waals surface area (Å²) in [6.07, 6.45) is 10.6. The summed E-state index contributed by atoms with van der Waals surface area (Å²) in [6.45, 7) is 6.43. The van der Waals surface area contributed by atoms with Crippen LogP contribution in [0.3, 0.4) is 0 Å². The van der Waals surface area contributed by atoms with Gasteiger partial charge in [-0.1, -0.05) is 65.7 Å². The molecule has 5 aromatic rings. The van der Waals surface area contributed by atoms with Gasteiger partial charge in [-0.2, -0.15) is 5.26 Å². The van der Waals surface area contributed by atoms with E-state index in [-0.39, 0.29) is 18.3 Å². The number of halogens is 3. The highest BCUT2D eigenvalue weighted by Crippen LogP contribution is 2.34. The maximum atomic E-state index is 13.0. The topological polar surface area (TPSA) is 101 Å². The van der Waals surface area contributed by atoms with Crippen LogP contribution in [0.25, 0.3) is 12.2 Å². The molecule has 12 heteroatoms. The molecule has 2 aromatic heterocycles. The molecule has 0 atom stereocenters. The van der Waals surface area contributed by atoms with Gasteiger partial charge >= 0.3 is 0 Å². The summed E-state index contributed by atoms with van der Waals surface area (Å²) >= 11 is 12.4. The maximum absolute atomic E-state index is 13.0. The van der Waals surface area contributed by atoms with Gasteiger partial charge in [-0.3, -0.25) is 9.69 Å². The van der Waals surface area contributed by atoms with E-state index in [0.29, 0.717) is 65.2 Å². The van der Waals surface area contributed by atoms with Crippen LogP contribution in [-0.2, 0) is 17.9 Å². The smallest absolute Gasteiger partial charge is 0.246 e. The van der Waals surface area contributed by atoms with Crippen LogP contribution in [0.4, 0.5) is 0 Å². The van der Waals surface area contributed by atoms with E-state index in [0.717, 1.165) is 41.9 Å². The zero-order valence-corrected chi connectivity index (χ0v) is 31.9. The summed E-state index contributed by atoms with van der Waals surface area (Å²) in [4.78, 5) is 25.6. The number of benzene rings is 3. The minimum Gasteiger partial charge on any atom is -0.488 e. The predicted octanol–water partition coefficient (Wildman–Crippen LogP) is 9.21. The van der Waals surface area contributed by atoms with Crippen LogP contribution in [0.2, 0.25) is 10.2 Å². The second-order valence-electron chi connectivity index (χ2n) is 12.4. The van der Waals surface area contributed by atoms with Crippen molar-refractivity contribution in [3.05, 3.63) is 153 Å². The van der Waals surface area contributed by atoms with Crippen LogP contribution >= 0.6 is 35.6 Å². The van der Waals surface area contributed by atoms with Crippen molar-refractivity contribution in [3.8, 4) is 29.2 Å². The number of carbonyl (C=O) groups is 1. The SMILES string of the molecule is Cc1cc(C=CC(=O)N2CCN(Cc3ccc(C=CCOc4ccc(Cl)nc4)cc3)CC2)cc(Cl)c1Oc1ccc(OCc2ccc(C#N)cc2)cn1.Cl. The van der Waals surface area contributed by atoms with E-state index >= 15 is 0 Å². The average Bonchev–Trinajstić information content (AvgIpc) is 3.18. The number of pyridine rings is 2. The van der Waals surface area contributed by atoms with Crippen molar-refractivity contribution < 1.29 is 19.0 Å². The Balaban J connectivity index is 0.00000561. The first-order valence-corrected chi connectivity index (χ1v) is 17.8. The molecule has 276 valence electrons. The van der Waals surface area contributed by atoms with Gasteiger partial charge in [-0.05, 0) is 89.4 Å². The highest BCUT2D eigenvalue weighted by Gasteiger charge is 2.20. The van der Waals surface area contributed by atoms with Crippen LogP contribution in [0.5, 0.6) is 23.1 Å². The zero-order valence-electron chi connectivity index (χ0n) is 29.5. The molecule has 0 spiro atoms. The summed E-state index contributed by atoms with van der Waals surface area (Å²) in [5, 5.41) is 9.81. The van der Waals surface area contributed by atoms with Crippen LogP contribution in [0.15, 0.2) is 109 Å². The molecule has 6 rings (SSSR count). The molecule has 3 aromatic carbocycles. The molecule has 3 heterocycles. The Morgan fingerprint density at radius 1 is 0.833 bits per heavy atom. The van der Waals surface area contributed by atoms with Crippen molar-refractivity contribution in [2.45, 2.75) is 20.1 Å². The number of ether oxygens (including phenoxy) is 3. The number of carbonyl (C=O) groups excluding carboxylic acids is 1. The normalized spacial score (nSPS) is 13.0. The van der Waals surface area contributed by atoms with E-state index in [9.17, 15) is 4.79 Å². The Hall–Kier alpha value is -5.37. The predicted molar refractivity (Wildman–Crippen MR) is 214 cm³/mol. The molecule has 1 amide bonds. The summed E-state index contributed by atoms with van der Waals surface area (Å²) in [6, 6.07) is 28.5. The van der Waals surface area contributed by atoms with Gasteiger partial charge in [0.05, 0.1) is 29.0 Å². The third kappa shape index (κ3) is 11.6. The second kappa shape index (κ2) is 19.6. The lowest BCUT2D eigenvalue weighted by Gasteiger charge is -2.34. The Bertz CT molecular complexity index is 2070. The van der Waals surface area contributed by atoms with Gasteiger partial charge in [0.1, 0.15) is 29.9 Å². The van der Waals surface area contributed by atoms with Gasteiger partial charge < -0.3 is 19.1 Å². The third-order valence-electron chi connectivity index (χ3n) is 8.50. The number of hydrogen-bond donors (Lipinski definition) is 0. The Kier molecular flexibility index (Phi) is 14.5. The molecule has 1 aliphatic rings. The number of aromatic nitrogens is 2. The second-order valence-corrected chi connectivity index (χ2v) is 13.2. The van der Waals surface area contributed by atoms with Crippen LogP contribution < -0.4 is 14.2 Å². The largest absolute Gasteiger partial charge is 0.488 e. The van der Waals surface area contributed by atoms with Crippen molar-refractivity contribution in [1.29, 1.82) is 5.26 Å². The molecular formula is C42H38Cl3N5O4. The summed E-state index contributed by atoms with van der Waals surface area (Å²) in [5.41, 5.74) is 5.48. The van der Waals surface area contributed by atoms with E-state index in [1.165, 1.54) is 5.56 Å². The monoisotopic (exact) mass is 781 g/mol. The van der Waals surface area contributed by atoms with Gasteiger partial charge in [0, 0.05) is 44.9 Å². The van der Waals surface area contributed by atoms with Gasteiger partial charge in [0.25, 0.3) is 0 Å². The first-order valence-electron chi connectivity index (χ1n) is 17.1. The van der Waals surface area contributed by atoms with Crippen LogP contribution in [0, 0.1) is 18.3 Å². The molecule has 0 aliphatic carbocycles. The molecule has 0 bridgehead atoms. The molecule has 54 heavy (non-hydrogen) atoms. The van der Waals surface area contributed by atoms with Crippen molar-refractivity contribution >= 4 is 53.7 Å². The van der Waals surface area contributed by atoms with Crippen LogP contribution in [0.1, 0.15) is 33.4 Å². The highest BCUT2D eigenvalue weighted by molar-refractivity contribution is 6.32. The van der Waals surface area contributed by atoms with Gasteiger partial charge in [0.2, 0.25) is 11.8 Å². The molecule has 0 radical (unpaired) electrons. The van der Waals surface area contributed by atoms with E-state index in [4.69, 9.17) is 42.7 Å². The van der Waals surface area contributed by atoms with E-state index in [2.05, 4.69) is 45.2 Å². The summed E-state index contributed by atoms with van der Waals surface area (Å²) in [5.74, 6) is 2.10. The lowest BCUT2D eigenvalue weighted by molar-refractivity contribution is -0.127. The Labute approximate surface area is 331 Å². The highest BCUT2D eigenvalue weighted by atomic mass is 35.5. The molecule has 0 unspecified atom stereocenters. The summed E-state index contributed by atoms with van der Waals surface area (Å²) in [7, 11) is 0. The number of hydrogen-bond acceptors (Lipinski definition) is 8. The third-order valence-corrected chi connectivity index (χ3v) is 9.01. The quantitative estimate of drug-likeness (QED) is 0.0862. The molecular weight excluding hydrogens is 745 g/mol. The Morgan fingerprint density at radius 2 is 1.54 bits per heavy atom. The van der Waals surface area contributed by atoms with Gasteiger partial charge in [-0.25, -0.2) is 9.97 Å². The molecule has 0 N–H and O–H groups in total. The van der Waals surface area contributed by atoms with Gasteiger partial charge in [0.15, 0.2) is 5.75 Å². The van der Waals surface area contributed by atoms with Crippen LogP contribution in [-0.4, -0.2) is 58.5 Å². The molecule has 0 saturated carbocycles. The lowest BCUT2D eigenvalue weighted by Crippen LogP contribution is -2.47. The molecule has 9 nitrogen and oxygen atoms in total. The van der Waals surface area contributed by atoms with Crippen molar-refractivity contribution in [2.24, 2.45) is 0 Å². The molecule has 1 aliphatic heterocycles. The minimum absolute atomic E-state index is 0. The summed E-state index contributed by atoms with van der Waals surface area (Å²) < 4.78 is 17.5. The number of nitrogens with zero attached hydrogens (tertiary/aromatic N) is 5. The first kappa shape index (κ1) is 39.8. The standard InChI is InChI=1S/C42H37Cl2N5O4.ClH/c1-30-23-35(24-38(43)42(30)53-40-16-14-37(27-47-40)52-29-34-10-6-32(25-45)7-11-34)12-17-41(50)49-20-18-48(19-21-49)28-33-8-4-31(5-9-33)3-2-22-51-36-13-15-39(44)46-26-36;/h2-17,23-24,26-27H,18-22,28-29H2,1H3;1H. The van der Waals surface area contributed by atoms with Crippen molar-refractivity contribution in [1.82, 2.24) is 19.8 Å². The number of amides is 1. The van der Waals surface area contributed by atoms with E-state index in [1.807, 2.05) is 42.2 Å². The first-order chi connectivity index (χ1) is 25.8. The van der Waals surface area contributed by atoms with Gasteiger partial charge in [-0.15, -0.1) is 12.4 Å². The lowest BCUT2D eigenvalue weighted by atomic mass is 10.1. The average molecular weight is 783 g/mol. The van der Waals surface area contributed by atoms with Crippen molar-refractivity contribution in [3.63, 3.8) is 0 Å². The number of aryl methyl sites for hydroxylation is 1. The number of rotatable bonds is 13. The maximum Gasteiger partial charge on any atom is 0.246 e. The fourth-order valence-corrected chi connectivity index (χ4v) is 6.04. The fraction of sp³-hybridized carbons (Fsp3) is 0.190. The molecule has 1 fully saturated rings.